The van der Waals surface area contributed by atoms with Crippen molar-refractivity contribution in [1.82, 2.24) is 0 Å². The van der Waals surface area contributed by atoms with Crippen LogP contribution >= 0.6 is 11.3 Å². The molecule has 0 unspecified atom stereocenters. The average molecular weight is 202 g/mol. The predicted molar refractivity (Wildman–Crippen MR) is 60.3 cm³/mol. The van der Waals surface area contributed by atoms with Gasteiger partial charge in [-0.3, -0.25) is 0 Å². The number of aryl methyl sites for hydroxylation is 1. The normalized spacial score (nSPS) is 10.3. The van der Waals surface area contributed by atoms with Crippen LogP contribution in [0.4, 0.5) is 5.69 Å². The van der Waals surface area contributed by atoms with Gasteiger partial charge in [-0.1, -0.05) is 12.1 Å². The molecule has 0 saturated heterocycles. The monoisotopic (exact) mass is 202 g/mol. The molecule has 70 valence electrons. The van der Waals surface area contributed by atoms with E-state index >= 15 is 0 Å². The van der Waals surface area contributed by atoms with Gasteiger partial charge in [0.1, 0.15) is 0 Å². The van der Waals surface area contributed by atoms with Crippen molar-refractivity contribution >= 4 is 27.1 Å². The standard InChI is InChI=1S/C11H10N2S/c1-7-3-2-4-8-10(7)11(13)9(14-8)5-6-12/h2-4H,5,13H2,1H3. The van der Waals surface area contributed by atoms with Crippen molar-refractivity contribution in [3.63, 3.8) is 0 Å². The summed E-state index contributed by atoms with van der Waals surface area (Å²) in [5.41, 5.74) is 7.95. The second-order valence-electron chi connectivity index (χ2n) is 3.22. The molecular formula is C11H10N2S. The molecule has 0 bridgehead atoms. The van der Waals surface area contributed by atoms with Crippen LogP contribution in [0.2, 0.25) is 0 Å². The lowest BCUT2D eigenvalue weighted by atomic mass is 10.1. The summed E-state index contributed by atoms with van der Waals surface area (Å²) in [5, 5.41) is 9.75. The van der Waals surface area contributed by atoms with Crippen LogP contribution in [0.25, 0.3) is 10.1 Å². The molecule has 0 atom stereocenters. The summed E-state index contributed by atoms with van der Waals surface area (Å²) in [6.45, 7) is 2.04. The first-order chi connectivity index (χ1) is 6.74. The van der Waals surface area contributed by atoms with Crippen LogP contribution in [0.1, 0.15) is 10.4 Å². The number of nitriles is 1. The van der Waals surface area contributed by atoms with Crippen molar-refractivity contribution in [2.75, 3.05) is 5.73 Å². The Labute approximate surface area is 86.6 Å². The highest BCUT2D eigenvalue weighted by Gasteiger charge is 2.09. The van der Waals surface area contributed by atoms with Gasteiger partial charge in [-0.2, -0.15) is 5.26 Å². The quantitative estimate of drug-likeness (QED) is 0.773. The zero-order chi connectivity index (χ0) is 10.1. The lowest BCUT2D eigenvalue weighted by Gasteiger charge is -1.96. The van der Waals surface area contributed by atoms with E-state index in [0.29, 0.717) is 6.42 Å². The summed E-state index contributed by atoms with van der Waals surface area (Å²) >= 11 is 1.62. The zero-order valence-electron chi connectivity index (χ0n) is 7.87. The molecule has 2 rings (SSSR count). The van der Waals surface area contributed by atoms with Crippen LogP contribution < -0.4 is 5.73 Å². The SMILES string of the molecule is Cc1cccc2sc(CC#N)c(N)c12. The first kappa shape index (κ1) is 9.04. The van der Waals surface area contributed by atoms with Gasteiger partial charge in [0, 0.05) is 15.0 Å². The second-order valence-corrected chi connectivity index (χ2v) is 4.36. The van der Waals surface area contributed by atoms with E-state index in [-0.39, 0.29) is 0 Å². The number of nitrogens with zero attached hydrogens (tertiary/aromatic N) is 1. The lowest BCUT2D eigenvalue weighted by molar-refractivity contribution is 1.32. The summed E-state index contributed by atoms with van der Waals surface area (Å²) in [4.78, 5) is 0.983. The predicted octanol–water partition coefficient (Wildman–Crippen LogP) is 2.86. The van der Waals surface area contributed by atoms with E-state index in [4.69, 9.17) is 11.0 Å². The third-order valence-electron chi connectivity index (χ3n) is 2.28. The Balaban J connectivity index is 2.75. The number of fused-ring (bicyclic) bond motifs is 1. The summed E-state index contributed by atoms with van der Waals surface area (Å²) in [6, 6.07) is 8.24. The van der Waals surface area contributed by atoms with Crippen LogP contribution in [-0.4, -0.2) is 0 Å². The molecule has 0 spiro atoms. The fourth-order valence-electron chi connectivity index (χ4n) is 1.60. The van der Waals surface area contributed by atoms with E-state index in [1.165, 1.54) is 10.3 Å². The molecule has 0 aliphatic carbocycles. The molecule has 0 amide bonds. The number of hydrogen-bond acceptors (Lipinski definition) is 3. The molecule has 0 aliphatic heterocycles. The lowest BCUT2D eigenvalue weighted by Crippen LogP contribution is -1.88. The summed E-state index contributed by atoms with van der Waals surface area (Å²) < 4.78 is 1.17. The van der Waals surface area contributed by atoms with Crippen LogP contribution in [-0.2, 0) is 6.42 Å². The van der Waals surface area contributed by atoms with Gasteiger partial charge in [-0.25, -0.2) is 0 Å². The van der Waals surface area contributed by atoms with Gasteiger partial charge in [0.15, 0.2) is 0 Å². The maximum Gasteiger partial charge on any atom is 0.0716 e. The van der Waals surface area contributed by atoms with Gasteiger partial charge < -0.3 is 5.73 Å². The fourth-order valence-corrected chi connectivity index (χ4v) is 2.74. The van der Waals surface area contributed by atoms with Crippen molar-refractivity contribution in [3.05, 3.63) is 28.6 Å². The maximum atomic E-state index is 8.64. The minimum absolute atomic E-state index is 0.407. The molecule has 3 heteroatoms. The topological polar surface area (TPSA) is 49.8 Å². The number of thiophene rings is 1. The fraction of sp³-hybridized carbons (Fsp3) is 0.182. The largest absolute Gasteiger partial charge is 0.397 e. The molecule has 2 aromatic rings. The highest BCUT2D eigenvalue weighted by atomic mass is 32.1. The number of nitrogen functional groups attached to an aromatic ring is 1. The molecule has 1 heterocycles. The number of anilines is 1. The molecule has 1 aromatic carbocycles. The molecule has 2 nitrogen and oxygen atoms in total. The molecule has 0 saturated carbocycles. The molecule has 0 aliphatic rings. The Bertz CT molecular complexity index is 520. The van der Waals surface area contributed by atoms with Crippen LogP contribution in [0.3, 0.4) is 0 Å². The smallest absolute Gasteiger partial charge is 0.0716 e. The van der Waals surface area contributed by atoms with Gasteiger partial charge in [0.05, 0.1) is 18.2 Å². The maximum absolute atomic E-state index is 8.64. The molecule has 0 radical (unpaired) electrons. The van der Waals surface area contributed by atoms with E-state index in [0.717, 1.165) is 16.0 Å². The number of nitrogens with two attached hydrogens (primary N) is 1. The Morgan fingerprint density at radius 1 is 1.50 bits per heavy atom. The molecule has 1 aromatic heterocycles. The van der Waals surface area contributed by atoms with Gasteiger partial charge in [-0.15, -0.1) is 11.3 Å². The summed E-state index contributed by atoms with van der Waals surface area (Å²) in [7, 11) is 0. The van der Waals surface area contributed by atoms with Gasteiger partial charge in [-0.05, 0) is 18.6 Å². The number of hydrogen-bond donors (Lipinski definition) is 1. The molecular weight excluding hydrogens is 192 g/mol. The van der Waals surface area contributed by atoms with Crippen LogP contribution in [0.15, 0.2) is 18.2 Å². The second kappa shape index (κ2) is 3.32. The van der Waals surface area contributed by atoms with Gasteiger partial charge in [0.25, 0.3) is 0 Å². The number of benzene rings is 1. The van der Waals surface area contributed by atoms with Crippen LogP contribution in [0, 0.1) is 18.3 Å². The Morgan fingerprint density at radius 2 is 2.29 bits per heavy atom. The number of rotatable bonds is 1. The average Bonchev–Trinajstić information content (AvgIpc) is 2.46. The van der Waals surface area contributed by atoms with Crippen molar-refractivity contribution in [2.45, 2.75) is 13.3 Å². The first-order valence-corrected chi connectivity index (χ1v) is 5.19. The minimum atomic E-state index is 0.407. The highest BCUT2D eigenvalue weighted by molar-refractivity contribution is 7.19. The van der Waals surface area contributed by atoms with Gasteiger partial charge >= 0.3 is 0 Å². The molecule has 14 heavy (non-hydrogen) atoms. The van der Waals surface area contributed by atoms with Crippen molar-refractivity contribution in [3.8, 4) is 6.07 Å². The van der Waals surface area contributed by atoms with Crippen molar-refractivity contribution in [2.24, 2.45) is 0 Å². The third kappa shape index (κ3) is 1.24. The molecule has 0 fully saturated rings. The Kier molecular flexibility index (Phi) is 2.14. The van der Waals surface area contributed by atoms with Gasteiger partial charge in [0.2, 0.25) is 0 Å². The van der Waals surface area contributed by atoms with E-state index in [1.54, 1.807) is 11.3 Å². The van der Waals surface area contributed by atoms with E-state index < -0.39 is 0 Å². The first-order valence-electron chi connectivity index (χ1n) is 4.37. The van der Waals surface area contributed by atoms with Crippen molar-refractivity contribution in [1.29, 1.82) is 5.26 Å². The zero-order valence-corrected chi connectivity index (χ0v) is 8.69. The highest BCUT2D eigenvalue weighted by Crippen LogP contribution is 2.35. The van der Waals surface area contributed by atoms with Crippen molar-refractivity contribution < 1.29 is 0 Å². The Hall–Kier alpha value is -1.53. The minimum Gasteiger partial charge on any atom is -0.397 e. The summed E-state index contributed by atoms with van der Waals surface area (Å²) in [5.74, 6) is 0. The third-order valence-corrected chi connectivity index (χ3v) is 3.45. The van der Waals surface area contributed by atoms with Crippen LogP contribution in [0.5, 0.6) is 0 Å². The Morgan fingerprint density at radius 3 is 2.93 bits per heavy atom. The van der Waals surface area contributed by atoms with E-state index in [1.807, 2.05) is 25.1 Å². The van der Waals surface area contributed by atoms with E-state index in [9.17, 15) is 0 Å². The summed E-state index contributed by atoms with van der Waals surface area (Å²) in [6.07, 6.45) is 0.407. The van der Waals surface area contributed by atoms with E-state index in [2.05, 4.69) is 6.07 Å². The molecule has 2 N–H and O–H groups in total.